The SMILES string of the molecule is O=C(NCCCN1CCCc2ccccc21)c1ccc(Cl)c([N+](=O)[O-])c1. The lowest BCUT2D eigenvalue weighted by Gasteiger charge is -2.31. The normalized spacial score (nSPS) is 13.2. The number of carbonyl (C=O) groups is 1. The zero-order valence-electron chi connectivity index (χ0n) is 14.3. The van der Waals surface area contributed by atoms with E-state index in [-0.39, 0.29) is 22.2 Å². The monoisotopic (exact) mass is 373 g/mol. The molecule has 2 aromatic carbocycles. The van der Waals surface area contributed by atoms with E-state index in [2.05, 4.69) is 28.4 Å². The molecule has 0 aliphatic carbocycles. The van der Waals surface area contributed by atoms with Crippen molar-refractivity contribution in [3.05, 3.63) is 68.7 Å². The average molecular weight is 374 g/mol. The van der Waals surface area contributed by atoms with E-state index < -0.39 is 4.92 Å². The third-order valence-corrected chi connectivity index (χ3v) is 4.82. The first kappa shape index (κ1) is 18.2. The van der Waals surface area contributed by atoms with E-state index in [1.165, 1.54) is 29.4 Å². The van der Waals surface area contributed by atoms with Crippen LogP contribution in [0.4, 0.5) is 11.4 Å². The number of nitro groups is 1. The fraction of sp³-hybridized carbons (Fsp3) is 0.316. The summed E-state index contributed by atoms with van der Waals surface area (Å²) in [6.45, 7) is 2.39. The van der Waals surface area contributed by atoms with Crippen LogP contribution in [0.15, 0.2) is 42.5 Å². The molecule has 2 aromatic rings. The van der Waals surface area contributed by atoms with Crippen molar-refractivity contribution in [1.82, 2.24) is 5.32 Å². The summed E-state index contributed by atoms with van der Waals surface area (Å²) in [7, 11) is 0. The average Bonchev–Trinajstić information content (AvgIpc) is 2.65. The summed E-state index contributed by atoms with van der Waals surface area (Å²) in [6.07, 6.45) is 3.05. The number of amides is 1. The highest BCUT2D eigenvalue weighted by molar-refractivity contribution is 6.32. The van der Waals surface area contributed by atoms with Gasteiger partial charge in [0.15, 0.2) is 0 Å². The molecule has 0 atom stereocenters. The van der Waals surface area contributed by atoms with Crippen LogP contribution < -0.4 is 10.2 Å². The maximum absolute atomic E-state index is 12.2. The number of hydrogen-bond donors (Lipinski definition) is 1. The Kier molecular flexibility index (Phi) is 5.73. The number of aryl methyl sites for hydroxylation is 1. The molecule has 3 rings (SSSR count). The van der Waals surface area contributed by atoms with Crippen LogP contribution in [-0.4, -0.2) is 30.5 Å². The Labute approximate surface area is 156 Å². The molecule has 0 aromatic heterocycles. The first-order valence-corrected chi connectivity index (χ1v) is 8.99. The van der Waals surface area contributed by atoms with Crippen LogP contribution in [0.3, 0.4) is 0 Å². The van der Waals surface area contributed by atoms with Gasteiger partial charge in [0.25, 0.3) is 11.6 Å². The zero-order chi connectivity index (χ0) is 18.5. The minimum atomic E-state index is -0.590. The van der Waals surface area contributed by atoms with Crippen molar-refractivity contribution < 1.29 is 9.72 Å². The van der Waals surface area contributed by atoms with Crippen molar-refractivity contribution in [1.29, 1.82) is 0 Å². The lowest BCUT2D eigenvalue weighted by atomic mass is 10.0. The Morgan fingerprint density at radius 1 is 1.27 bits per heavy atom. The summed E-state index contributed by atoms with van der Waals surface area (Å²) < 4.78 is 0. The highest BCUT2D eigenvalue weighted by Gasteiger charge is 2.17. The number of nitrogens with zero attached hydrogens (tertiary/aromatic N) is 2. The van der Waals surface area contributed by atoms with Gasteiger partial charge in [-0.25, -0.2) is 0 Å². The molecule has 0 saturated carbocycles. The molecule has 0 unspecified atom stereocenters. The van der Waals surface area contributed by atoms with Crippen molar-refractivity contribution in [3.63, 3.8) is 0 Å². The molecular weight excluding hydrogens is 354 g/mol. The van der Waals surface area contributed by atoms with Crippen molar-refractivity contribution in [2.24, 2.45) is 0 Å². The first-order valence-electron chi connectivity index (χ1n) is 8.61. The molecule has 0 saturated heterocycles. The number of hydrogen-bond acceptors (Lipinski definition) is 4. The van der Waals surface area contributed by atoms with Crippen LogP contribution in [-0.2, 0) is 6.42 Å². The van der Waals surface area contributed by atoms with Gasteiger partial charge >= 0.3 is 0 Å². The Morgan fingerprint density at radius 2 is 2.08 bits per heavy atom. The van der Waals surface area contributed by atoms with Crippen LogP contribution in [0.2, 0.25) is 5.02 Å². The maximum Gasteiger partial charge on any atom is 0.288 e. The van der Waals surface area contributed by atoms with Gasteiger partial charge in [0.05, 0.1) is 4.92 Å². The van der Waals surface area contributed by atoms with Crippen LogP contribution in [0.25, 0.3) is 0 Å². The third kappa shape index (κ3) is 4.14. The van der Waals surface area contributed by atoms with Gasteiger partial charge in [0.2, 0.25) is 0 Å². The van der Waals surface area contributed by atoms with Gasteiger partial charge in [-0.2, -0.15) is 0 Å². The summed E-state index contributed by atoms with van der Waals surface area (Å²) in [6, 6.07) is 12.5. The molecule has 136 valence electrons. The molecule has 1 aliphatic heterocycles. The Balaban J connectivity index is 1.52. The van der Waals surface area contributed by atoms with E-state index in [1.54, 1.807) is 0 Å². The van der Waals surface area contributed by atoms with Gasteiger partial charge in [-0.3, -0.25) is 14.9 Å². The minimum absolute atomic E-state index is 0.0234. The van der Waals surface area contributed by atoms with Crippen LogP contribution in [0.5, 0.6) is 0 Å². The second-order valence-corrected chi connectivity index (χ2v) is 6.66. The molecule has 1 N–H and O–H groups in total. The van der Waals surface area contributed by atoms with Crippen molar-refractivity contribution in [3.8, 4) is 0 Å². The van der Waals surface area contributed by atoms with Gasteiger partial charge in [0, 0.05) is 37.0 Å². The fourth-order valence-corrected chi connectivity index (χ4v) is 3.40. The molecule has 0 fully saturated rings. The van der Waals surface area contributed by atoms with Gasteiger partial charge in [0.1, 0.15) is 5.02 Å². The second-order valence-electron chi connectivity index (χ2n) is 6.25. The summed E-state index contributed by atoms with van der Waals surface area (Å²) in [5, 5.41) is 13.8. The van der Waals surface area contributed by atoms with Crippen LogP contribution in [0, 0.1) is 10.1 Å². The van der Waals surface area contributed by atoms with E-state index in [9.17, 15) is 14.9 Å². The van der Waals surface area contributed by atoms with Gasteiger partial charge < -0.3 is 10.2 Å². The number of carbonyl (C=O) groups excluding carboxylic acids is 1. The highest BCUT2D eigenvalue weighted by Crippen LogP contribution is 2.27. The van der Waals surface area contributed by atoms with Crippen molar-refractivity contribution in [2.75, 3.05) is 24.5 Å². The fourth-order valence-electron chi connectivity index (χ4n) is 3.21. The van der Waals surface area contributed by atoms with Gasteiger partial charge in [-0.1, -0.05) is 29.8 Å². The van der Waals surface area contributed by atoms with E-state index in [4.69, 9.17) is 11.6 Å². The predicted octanol–water partition coefficient (Wildman–Crippen LogP) is 3.82. The van der Waals surface area contributed by atoms with Gasteiger partial charge in [-0.05, 0) is 43.0 Å². The van der Waals surface area contributed by atoms with E-state index >= 15 is 0 Å². The smallest absolute Gasteiger partial charge is 0.288 e. The highest BCUT2D eigenvalue weighted by atomic mass is 35.5. The molecule has 26 heavy (non-hydrogen) atoms. The molecule has 1 amide bonds. The van der Waals surface area contributed by atoms with E-state index in [0.29, 0.717) is 6.54 Å². The quantitative estimate of drug-likeness (QED) is 0.474. The molecule has 0 bridgehead atoms. The van der Waals surface area contributed by atoms with E-state index in [1.807, 2.05) is 6.07 Å². The number of nitro benzene ring substituents is 1. The van der Waals surface area contributed by atoms with Crippen molar-refractivity contribution >= 4 is 28.9 Å². The Hall–Kier alpha value is -2.60. The largest absolute Gasteiger partial charge is 0.371 e. The Morgan fingerprint density at radius 3 is 2.88 bits per heavy atom. The van der Waals surface area contributed by atoms with E-state index in [0.717, 1.165) is 32.4 Å². The summed E-state index contributed by atoms with van der Waals surface area (Å²) >= 11 is 5.77. The van der Waals surface area contributed by atoms with Crippen molar-refractivity contribution in [2.45, 2.75) is 19.3 Å². The Bertz CT molecular complexity index is 825. The minimum Gasteiger partial charge on any atom is -0.371 e. The standard InChI is InChI=1S/C19H20ClN3O3/c20-16-9-8-15(13-18(16)23(25)26)19(24)21-10-4-12-22-11-3-6-14-5-1-2-7-17(14)22/h1-2,5,7-9,13H,3-4,6,10-12H2,(H,21,24). The van der Waals surface area contributed by atoms with Crippen LogP contribution >= 0.6 is 11.6 Å². The second kappa shape index (κ2) is 8.19. The van der Waals surface area contributed by atoms with Crippen LogP contribution in [0.1, 0.15) is 28.8 Å². The summed E-state index contributed by atoms with van der Waals surface area (Å²) in [4.78, 5) is 24.9. The summed E-state index contributed by atoms with van der Waals surface area (Å²) in [5.74, 6) is -0.330. The maximum atomic E-state index is 12.2. The number of para-hydroxylation sites is 1. The number of fused-ring (bicyclic) bond motifs is 1. The predicted molar refractivity (Wildman–Crippen MR) is 102 cm³/mol. The molecule has 7 heteroatoms. The molecule has 1 aliphatic rings. The zero-order valence-corrected chi connectivity index (χ0v) is 15.0. The molecule has 6 nitrogen and oxygen atoms in total. The lowest BCUT2D eigenvalue weighted by Crippen LogP contribution is -2.33. The molecule has 1 heterocycles. The molecular formula is C19H20ClN3O3. The first-order chi connectivity index (χ1) is 12.6. The summed E-state index contributed by atoms with van der Waals surface area (Å²) in [5.41, 5.74) is 2.63. The number of anilines is 1. The number of nitrogens with one attached hydrogen (secondary N) is 1. The third-order valence-electron chi connectivity index (χ3n) is 4.50. The topological polar surface area (TPSA) is 75.5 Å². The number of benzene rings is 2. The molecule has 0 spiro atoms. The number of halogens is 1. The lowest BCUT2D eigenvalue weighted by molar-refractivity contribution is -0.384. The van der Waals surface area contributed by atoms with Gasteiger partial charge in [-0.15, -0.1) is 0 Å². The number of rotatable bonds is 6. The molecule has 0 radical (unpaired) electrons.